The zero-order chi connectivity index (χ0) is 31.5. The molecule has 4 aromatic heterocycles. The average molecular weight is 606 g/mol. The lowest BCUT2D eigenvalue weighted by atomic mass is 10.0. The summed E-state index contributed by atoms with van der Waals surface area (Å²) in [6, 6.07) is 46.9. The van der Waals surface area contributed by atoms with Gasteiger partial charge in [-0.2, -0.15) is 0 Å². The van der Waals surface area contributed by atoms with Gasteiger partial charge >= 0.3 is 0 Å². The molecule has 5 aromatic carbocycles. The van der Waals surface area contributed by atoms with Crippen LogP contribution in [0.1, 0.15) is 18.2 Å². The molecule has 9 aromatic rings. The first kappa shape index (κ1) is 27.2. The van der Waals surface area contributed by atoms with E-state index in [0.717, 1.165) is 56.1 Å². The van der Waals surface area contributed by atoms with Crippen molar-refractivity contribution in [2.24, 2.45) is 0 Å². The number of pyridine rings is 1. The second-order valence-electron chi connectivity index (χ2n) is 12.0. The molecule has 0 aliphatic heterocycles. The third-order valence-electron chi connectivity index (χ3n) is 9.26. The fourth-order valence-electron chi connectivity index (χ4n) is 7.22. The van der Waals surface area contributed by atoms with E-state index >= 15 is 0 Å². The largest absolute Gasteiger partial charge is 0.460 e. The Morgan fingerprint density at radius 2 is 1.23 bits per heavy atom. The summed E-state index contributed by atoms with van der Waals surface area (Å²) in [5, 5.41) is 6.00. The van der Waals surface area contributed by atoms with Crippen LogP contribution in [0.5, 0.6) is 0 Å². The Morgan fingerprint density at radius 3 is 1.85 bits per heavy atom. The van der Waals surface area contributed by atoms with Gasteiger partial charge in [0.25, 0.3) is 0 Å². The van der Waals surface area contributed by atoms with Crippen LogP contribution >= 0.6 is 0 Å². The maximum absolute atomic E-state index is 6.45. The van der Waals surface area contributed by atoms with Gasteiger partial charge in [-0.15, -0.1) is 6.58 Å². The highest BCUT2D eigenvalue weighted by Crippen LogP contribution is 2.37. The molecule has 0 amide bonds. The number of benzene rings is 5. The highest BCUT2D eigenvalue weighted by Gasteiger charge is 2.17. The number of allylic oxidation sites excluding steroid dienone is 2. The van der Waals surface area contributed by atoms with Gasteiger partial charge in [0.15, 0.2) is 0 Å². The summed E-state index contributed by atoms with van der Waals surface area (Å²) in [6.07, 6.45) is 4.80. The van der Waals surface area contributed by atoms with Crippen LogP contribution in [-0.2, 0) is 6.42 Å². The molecular formula is C43H31N3O. The SMILES string of the molecule is C=CCc1oc2ccc(-c3cccc(-n4c5ccccc5c5ccccc54)n3)cc2c1/C=C(\C)n1c2ccccc2c2ccccc21. The molecule has 4 heterocycles. The van der Waals surface area contributed by atoms with Crippen molar-refractivity contribution in [3.05, 3.63) is 157 Å². The van der Waals surface area contributed by atoms with E-state index in [4.69, 9.17) is 9.40 Å². The number of nitrogens with zero attached hydrogens (tertiary/aromatic N) is 3. The summed E-state index contributed by atoms with van der Waals surface area (Å²) in [7, 11) is 0. The van der Waals surface area contributed by atoms with Crippen molar-refractivity contribution in [1.29, 1.82) is 0 Å². The van der Waals surface area contributed by atoms with Crippen LogP contribution < -0.4 is 0 Å². The van der Waals surface area contributed by atoms with Crippen molar-refractivity contribution in [3.8, 4) is 17.1 Å². The summed E-state index contributed by atoms with van der Waals surface area (Å²) in [5.41, 5.74) is 9.65. The highest BCUT2D eigenvalue weighted by molar-refractivity contribution is 6.11. The van der Waals surface area contributed by atoms with Gasteiger partial charge in [0.1, 0.15) is 17.2 Å². The molecule has 0 N–H and O–H groups in total. The van der Waals surface area contributed by atoms with Gasteiger partial charge in [-0.05, 0) is 67.6 Å². The first-order valence-electron chi connectivity index (χ1n) is 16.0. The van der Waals surface area contributed by atoms with Gasteiger partial charge in [0, 0.05) is 50.2 Å². The normalized spacial score (nSPS) is 12.2. The summed E-state index contributed by atoms with van der Waals surface area (Å²) >= 11 is 0. The summed E-state index contributed by atoms with van der Waals surface area (Å²) < 4.78 is 11.1. The first-order chi connectivity index (χ1) is 23.2. The van der Waals surface area contributed by atoms with E-state index in [1.54, 1.807) is 0 Å². The molecule has 0 atom stereocenters. The molecule has 0 saturated heterocycles. The van der Waals surface area contributed by atoms with Crippen molar-refractivity contribution in [1.82, 2.24) is 14.1 Å². The van der Waals surface area contributed by atoms with Crippen molar-refractivity contribution in [3.63, 3.8) is 0 Å². The van der Waals surface area contributed by atoms with Crippen molar-refractivity contribution < 1.29 is 4.42 Å². The summed E-state index contributed by atoms with van der Waals surface area (Å²) in [6.45, 7) is 6.20. The topological polar surface area (TPSA) is 35.9 Å². The van der Waals surface area contributed by atoms with Gasteiger partial charge in [-0.3, -0.25) is 4.57 Å². The van der Waals surface area contributed by atoms with E-state index in [1.807, 2.05) is 6.08 Å². The lowest BCUT2D eigenvalue weighted by Gasteiger charge is -2.10. The standard InChI is InChI=1S/C43H31N3O/c1-3-13-41-34(26-28(2)45-37-19-8-4-14-30(37)31-15-5-9-20-38(31)45)35-27-29(24-25-42(35)47-41)36-18-12-23-43(44-36)46-39-21-10-6-16-32(39)33-17-7-11-22-40(33)46/h3-12,14-27H,1,13H2,2H3/b28-26+. The minimum atomic E-state index is 0.637. The highest BCUT2D eigenvalue weighted by atomic mass is 16.3. The van der Waals surface area contributed by atoms with Crippen LogP contribution in [0.4, 0.5) is 0 Å². The third-order valence-corrected chi connectivity index (χ3v) is 9.26. The van der Waals surface area contributed by atoms with E-state index in [1.165, 1.54) is 32.6 Å². The molecule has 0 spiro atoms. The van der Waals surface area contributed by atoms with Crippen LogP contribution in [-0.4, -0.2) is 14.1 Å². The van der Waals surface area contributed by atoms with Crippen LogP contribution in [0.25, 0.3) is 83.4 Å². The number of hydrogen-bond acceptors (Lipinski definition) is 2. The molecule has 4 nitrogen and oxygen atoms in total. The molecule has 0 radical (unpaired) electrons. The predicted octanol–water partition coefficient (Wildman–Crippen LogP) is 11.4. The van der Waals surface area contributed by atoms with Crippen molar-refractivity contribution >= 4 is 66.4 Å². The number of rotatable bonds is 6. The number of furan rings is 1. The van der Waals surface area contributed by atoms with E-state index in [2.05, 4.69) is 162 Å². The number of aromatic nitrogens is 3. The minimum absolute atomic E-state index is 0.637. The zero-order valence-corrected chi connectivity index (χ0v) is 26.0. The number of fused-ring (bicyclic) bond motifs is 7. The quantitative estimate of drug-likeness (QED) is 0.177. The Bertz CT molecular complexity index is 2590. The molecule has 0 saturated carbocycles. The second kappa shape index (κ2) is 10.7. The van der Waals surface area contributed by atoms with Crippen molar-refractivity contribution in [2.75, 3.05) is 0 Å². The van der Waals surface area contributed by atoms with Crippen molar-refractivity contribution in [2.45, 2.75) is 13.3 Å². The first-order valence-corrected chi connectivity index (χ1v) is 16.0. The Kier molecular flexibility index (Phi) is 6.22. The summed E-state index contributed by atoms with van der Waals surface area (Å²) in [5.74, 6) is 1.79. The molecule has 224 valence electrons. The second-order valence-corrected chi connectivity index (χ2v) is 12.0. The lowest BCUT2D eigenvalue weighted by Crippen LogP contribution is -1.98. The molecule has 0 unspecified atom stereocenters. The van der Waals surface area contributed by atoms with Gasteiger partial charge in [-0.1, -0.05) is 84.9 Å². The van der Waals surface area contributed by atoms with Crippen LogP contribution in [0.15, 0.2) is 151 Å². The number of hydrogen-bond donors (Lipinski definition) is 0. The molecule has 4 heteroatoms. The predicted molar refractivity (Wildman–Crippen MR) is 197 cm³/mol. The maximum atomic E-state index is 6.45. The van der Waals surface area contributed by atoms with Gasteiger partial charge in [-0.25, -0.2) is 4.98 Å². The fourth-order valence-corrected chi connectivity index (χ4v) is 7.22. The fraction of sp³-hybridized carbons (Fsp3) is 0.0465. The molecule has 0 fully saturated rings. The van der Waals surface area contributed by atoms with Crippen LogP contribution in [0.3, 0.4) is 0 Å². The van der Waals surface area contributed by atoms with E-state index in [-0.39, 0.29) is 0 Å². The zero-order valence-electron chi connectivity index (χ0n) is 26.0. The Hall–Kier alpha value is -6.13. The van der Waals surface area contributed by atoms with Crippen LogP contribution in [0, 0.1) is 0 Å². The lowest BCUT2D eigenvalue weighted by molar-refractivity contribution is 0.564. The van der Waals surface area contributed by atoms with Crippen LogP contribution in [0.2, 0.25) is 0 Å². The smallest absolute Gasteiger partial charge is 0.138 e. The molecule has 0 aliphatic rings. The molecule has 9 rings (SSSR count). The minimum Gasteiger partial charge on any atom is -0.460 e. The average Bonchev–Trinajstić information content (AvgIpc) is 3.76. The monoisotopic (exact) mass is 605 g/mol. The Balaban J connectivity index is 1.21. The Labute approximate surface area is 272 Å². The molecule has 0 bridgehead atoms. The summed E-state index contributed by atoms with van der Waals surface area (Å²) in [4.78, 5) is 5.23. The molecule has 47 heavy (non-hydrogen) atoms. The van der Waals surface area contributed by atoms with E-state index in [9.17, 15) is 0 Å². The van der Waals surface area contributed by atoms with Gasteiger partial charge in [0.2, 0.25) is 0 Å². The molecular weight excluding hydrogens is 574 g/mol. The number of para-hydroxylation sites is 4. The van der Waals surface area contributed by atoms with E-state index in [0.29, 0.717) is 6.42 Å². The maximum Gasteiger partial charge on any atom is 0.138 e. The Morgan fingerprint density at radius 1 is 0.660 bits per heavy atom. The van der Waals surface area contributed by atoms with Gasteiger partial charge in [0.05, 0.1) is 27.8 Å². The molecule has 0 aliphatic carbocycles. The third kappa shape index (κ3) is 4.26. The van der Waals surface area contributed by atoms with E-state index < -0.39 is 0 Å². The van der Waals surface area contributed by atoms with Gasteiger partial charge < -0.3 is 8.98 Å².